The lowest BCUT2D eigenvalue weighted by Crippen LogP contribution is -2.51. The van der Waals surface area contributed by atoms with Gasteiger partial charge in [-0.15, -0.1) is 8.78 Å². The summed E-state index contributed by atoms with van der Waals surface area (Å²) in [4.78, 5) is 29.9. The SMILES string of the molecule is COc1cc(C(=O)NCC(O)(c2cc3c(c(-c4cccc5c4OC(F)(F)O5)n2)OC[C@]3(C)C(N)=O)C(F)(F)F)cc2cn(C3CC3)nc12. The zero-order chi connectivity index (χ0) is 34.4. The molecule has 4 heterocycles. The third kappa shape index (κ3) is 4.91. The smallest absolute Gasteiger partial charge is 0.494 e. The number of amides is 2. The minimum Gasteiger partial charge on any atom is -0.494 e. The predicted molar refractivity (Wildman–Crippen MR) is 155 cm³/mol. The van der Waals surface area contributed by atoms with Crippen LogP contribution in [-0.4, -0.2) is 64.4 Å². The molecule has 1 fully saturated rings. The number of fused-ring (bicyclic) bond motifs is 3. The number of primary amides is 1. The zero-order valence-corrected chi connectivity index (χ0v) is 25.2. The van der Waals surface area contributed by atoms with Crippen LogP contribution in [-0.2, 0) is 15.8 Å². The van der Waals surface area contributed by atoms with Crippen molar-refractivity contribution >= 4 is 22.7 Å². The number of halogens is 5. The summed E-state index contributed by atoms with van der Waals surface area (Å²) < 4.78 is 94.6. The van der Waals surface area contributed by atoms with Crippen molar-refractivity contribution in [2.24, 2.45) is 5.73 Å². The van der Waals surface area contributed by atoms with Crippen LogP contribution < -0.4 is 30.0 Å². The van der Waals surface area contributed by atoms with Gasteiger partial charge in [-0.2, -0.15) is 18.3 Å². The van der Waals surface area contributed by atoms with Crippen molar-refractivity contribution < 1.29 is 55.6 Å². The summed E-state index contributed by atoms with van der Waals surface area (Å²) in [5, 5.41) is 18.5. The maximum atomic E-state index is 14.9. The minimum atomic E-state index is -5.47. The molecular formula is C31H26F5N5O7. The van der Waals surface area contributed by atoms with E-state index in [-0.39, 0.29) is 34.2 Å². The zero-order valence-electron chi connectivity index (χ0n) is 25.2. The lowest BCUT2D eigenvalue weighted by atomic mass is 9.81. The van der Waals surface area contributed by atoms with E-state index in [1.807, 2.05) is 0 Å². The number of benzene rings is 2. The third-order valence-electron chi connectivity index (χ3n) is 8.69. The first kappa shape index (κ1) is 31.4. The number of carbonyl (C=O) groups is 2. The molecule has 48 heavy (non-hydrogen) atoms. The maximum absolute atomic E-state index is 14.9. The van der Waals surface area contributed by atoms with Crippen LogP contribution in [0.4, 0.5) is 22.0 Å². The number of hydrogen-bond acceptors (Lipinski definition) is 9. The lowest BCUT2D eigenvalue weighted by Gasteiger charge is -2.31. The van der Waals surface area contributed by atoms with E-state index < -0.39 is 71.3 Å². The molecule has 0 radical (unpaired) electrons. The molecule has 1 aliphatic carbocycles. The van der Waals surface area contributed by atoms with Gasteiger partial charge in [0.05, 0.1) is 31.0 Å². The van der Waals surface area contributed by atoms with Crippen LogP contribution in [0.2, 0.25) is 0 Å². The first-order valence-electron chi connectivity index (χ1n) is 14.6. The fourth-order valence-electron chi connectivity index (χ4n) is 5.72. The van der Waals surface area contributed by atoms with Crippen LogP contribution in [0, 0.1) is 0 Å². The highest BCUT2D eigenvalue weighted by molar-refractivity contribution is 6.00. The molecule has 17 heteroatoms. The summed E-state index contributed by atoms with van der Waals surface area (Å²) in [6.07, 6.45) is -6.00. The third-order valence-corrected chi connectivity index (χ3v) is 8.69. The number of aliphatic hydroxyl groups is 1. The molecule has 12 nitrogen and oxygen atoms in total. The van der Waals surface area contributed by atoms with E-state index in [0.717, 1.165) is 25.0 Å². The molecule has 1 unspecified atom stereocenters. The average molecular weight is 676 g/mol. The summed E-state index contributed by atoms with van der Waals surface area (Å²) in [5.74, 6) is -3.00. The van der Waals surface area contributed by atoms with Gasteiger partial charge in [0.15, 0.2) is 11.5 Å². The first-order valence-corrected chi connectivity index (χ1v) is 14.6. The van der Waals surface area contributed by atoms with Crippen LogP contribution in [0.1, 0.15) is 47.4 Å². The van der Waals surface area contributed by atoms with Crippen LogP contribution in [0.25, 0.3) is 22.2 Å². The number of nitrogens with zero attached hydrogens (tertiary/aromatic N) is 3. The van der Waals surface area contributed by atoms with Gasteiger partial charge in [-0.3, -0.25) is 14.3 Å². The summed E-state index contributed by atoms with van der Waals surface area (Å²) in [5.41, 5.74) is -1.62. The molecule has 2 aliphatic heterocycles. The molecule has 2 aromatic carbocycles. The highest BCUT2D eigenvalue weighted by Gasteiger charge is 2.58. The number of para-hydroxylation sites is 1. The number of hydrogen-bond donors (Lipinski definition) is 3. The van der Waals surface area contributed by atoms with Crippen LogP contribution in [0.15, 0.2) is 42.6 Å². The Labute approximate surface area is 267 Å². The standard InChI is InChI=1S/C31H26F5N5O7/c1-28(27(37)43)13-46-25-18(28)10-21(39-23(25)17-4-3-5-19-24(17)48-31(35,36)47-19)29(44,30(32,33)34)12-38-26(42)14-8-15-11-41(16-6-7-16)40-22(15)20(9-14)45-2/h3-5,8-11,16,44H,6-7,12-13H2,1-2H3,(H2,37,43)(H,38,42)/t28-,29?/m0/s1. The summed E-state index contributed by atoms with van der Waals surface area (Å²) >= 11 is 0. The van der Waals surface area contributed by atoms with Gasteiger partial charge in [0.1, 0.15) is 34.7 Å². The quantitative estimate of drug-likeness (QED) is 0.234. The highest BCUT2D eigenvalue weighted by atomic mass is 19.4. The highest BCUT2D eigenvalue weighted by Crippen LogP contribution is 2.53. The topological polar surface area (TPSA) is 160 Å². The van der Waals surface area contributed by atoms with Gasteiger partial charge in [-0.05, 0) is 50.1 Å². The molecule has 2 atom stereocenters. The van der Waals surface area contributed by atoms with Crippen molar-refractivity contribution in [1.82, 2.24) is 20.1 Å². The Hall–Kier alpha value is -5.19. The van der Waals surface area contributed by atoms with E-state index in [0.29, 0.717) is 10.9 Å². The Morgan fingerprint density at radius 2 is 1.92 bits per heavy atom. The average Bonchev–Trinajstić information content (AvgIpc) is 3.57. The number of aromatic nitrogens is 3. The van der Waals surface area contributed by atoms with Crippen LogP contribution >= 0.6 is 0 Å². The minimum absolute atomic E-state index is 0.0746. The molecule has 0 bridgehead atoms. The first-order chi connectivity index (χ1) is 22.5. The number of nitrogens with one attached hydrogen (secondary N) is 1. The van der Waals surface area contributed by atoms with E-state index in [4.69, 9.17) is 15.2 Å². The monoisotopic (exact) mass is 675 g/mol. The summed E-state index contributed by atoms with van der Waals surface area (Å²) in [6, 6.07) is 7.36. The number of pyridine rings is 1. The Balaban J connectivity index is 1.30. The normalized spacial score (nSPS) is 20.6. The van der Waals surface area contributed by atoms with E-state index >= 15 is 0 Å². The van der Waals surface area contributed by atoms with E-state index in [2.05, 4.69) is 24.9 Å². The predicted octanol–water partition coefficient (Wildman–Crippen LogP) is 4.08. The number of rotatable bonds is 8. The van der Waals surface area contributed by atoms with Crippen molar-refractivity contribution in [3.05, 3.63) is 59.4 Å². The molecule has 4 N–H and O–H groups in total. The van der Waals surface area contributed by atoms with E-state index in [9.17, 15) is 36.6 Å². The Morgan fingerprint density at radius 3 is 2.58 bits per heavy atom. The van der Waals surface area contributed by atoms with Crippen LogP contribution in [0.5, 0.6) is 23.0 Å². The van der Waals surface area contributed by atoms with Crippen molar-refractivity contribution in [1.29, 1.82) is 0 Å². The number of nitrogens with two attached hydrogens (primary N) is 1. The lowest BCUT2D eigenvalue weighted by molar-refractivity contribution is -0.286. The van der Waals surface area contributed by atoms with Crippen molar-refractivity contribution in [3.8, 4) is 34.3 Å². The molecule has 0 spiro atoms. The Morgan fingerprint density at radius 1 is 1.17 bits per heavy atom. The van der Waals surface area contributed by atoms with E-state index in [1.54, 1.807) is 10.9 Å². The second-order valence-electron chi connectivity index (χ2n) is 12.0. The van der Waals surface area contributed by atoms with Gasteiger partial charge in [-0.25, -0.2) is 4.98 Å². The molecule has 2 aromatic heterocycles. The fraction of sp³-hybridized carbons (Fsp3) is 0.355. The molecule has 2 amide bonds. The number of methoxy groups -OCH3 is 1. The van der Waals surface area contributed by atoms with Crippen molar-refractivity contribution in [2.75, 3.05) is 20.3 Å². The van der Waals surface area contributed by atoms with Crippen molar-refractivity contribution in [3.63, 3.8) is 0 Å². The molecule has 3 aliphatic rings. The van der Waals surface area contributed by atoms with Crippen LogP contribution in [0.3, 0.4) is 0 Å². The number of ether oxygens (including phenoxy) is 4. The molecule has 0 saturated heterocycles. The number of alkyl halides is 5. The van der Waals surface area contributed by atoms with E-state index in [1.165, 1.54) is 38.3 Å². The molecule has 252 valence electrons. The van der Waals surface area contributed by atoms with Gasteiger partial charge in [-0.1, -0.05) is 6.07 Å². The molecule has 1 saturated carbocycles. The van der Waals surface area contributed by atoms with Gasteiger partial charge in [0.2, 0.25) is 11.5 Å². The molecule has 7 rings (SSSR count). The second-order valence-corrected chi connectivity index (χ2v) is 12.0. The Bertz CT molecular complexity index is 2010. The molecular weight excluding hydrogens is 649 g/mol. The van der Waals surface area contributed by atoms with Gasteiger partial charge in [0.25, 0.3) is 5.91 Å². The maximum Gasteiger partial charge on any atom is 0.586 e. The number of carbonyl (C=O) groups excluding carboxylic acids is 2. The second kappa shape index (κ2) is 10.4. The van der Waals surface area contributed by atoms with Gasteiger partial charge in [0, 0.05) is 22.7 Å². The largest absolute Gasteiger partial charge is 0.586 e. The van der Waals surface area contributed by atoms with Gasteiger partial charge >= 0.3 is 12.5 Å². The van der Waals surface area contributed by atoms with Gasteiger partial charge < -0.3 is 35.1 Å². The summed E-state index contributed by atoms with van der Waals surface area (Å²) in [6.45, 7) is -0.566. The molecule has 4 aromatic rings. The Kier molecular flexibility index (Phi) is 6.81. The summed E-state index contributed by atoms with van der Waals surface area (Å²) in [7, 11) is 1.36. The van der Waals surface area contributed by atoms with Crippen molar-refractivity contribution in [2.45, 2.75) is 49.3 Å². The fourth-order valence-corrected chi connectivity index (χ4v) is 5.72.